The zero-order chi connectivity index (χ0) is 14.4. The predicted octanol–water partition coefficient (Wildman–Crippen LogP) is 3.14. The van der Waals surface area contributed by atoms with E-state index in [-0.39, 0.29) is 6.04 Å². The van der Waals surface area contributed by atoms with Crippen LogP contribution in [-0.4, -0.2) is 23.6 Å². The highest BCUT2D eigenvalue weighted by atomic mass is 79.9. The number of methoxy groups -OCH3 is 1. The number of hydrogen-bond donors (Lipinski definition) is 1. The highest BCUT2D eigenvalue weighted by Gasteiger charge is 2.14. The highest BCUT2D eigenvalue weighted by Crippen LogP contribution is 2.27. The molecule has 0 bridgehead atoms. The fourth-order valence-electron chi connectivity index (χ4n) is 2.06. The fourth-order valence-corrected chi connectivity index (χ4v) is 2.65. The predicted molar refractivity (Wildman–Crippen MR) is 82.8 cm³/mol. The van der Waals surface area contributed by atoms with Gasteiger partial charge in [0, 0.05) is 12.4 Å². The molecule has 4 nitrogen and oxygen atoms in total. The third kappa shape index (κ3) is 3.77. The molecule has 0 amide bonds. The van der Waals surface area contributed by atoms with Crippen LogP contribution in [0.2, 0.25) is 0 Å². The van der Waals surface area contributed by atoms with Crippen LogP contribution >= 0.6 is 15.9 Å². The van der Waals surface area contributed by atoms with Gasteiger partial charge >= 0.3 is 0 Å². The molecule has 0 spiro atoms. The second-order valence-corrected chi connectivity index (χ2v) is 5.24. The van der Waals surface area contributed by atoms with E-state index in [4.69, 9.17) is 4.74 Å². The molecule has 1 heterocycles. The molecule has 0 aliphatic rings. The third-order valence-electron chi connectivity index (χ3n) is 3.00. The van der Waals surface area contributed by atoms with E-state index < -0.39 is 0 Å². The van der Waals surface area contributed by atoms with Crippen molar-refractivity contribution in [2.45, 2.75) is 19.4 Å². The van der Waals surface area contributed by atoms with E-state index >= 15 is 0 Å². The highest BCUT2D eigenvalue weighted by molar-refractivity contribution is 9.10. The Morgan fingerprint density at radius 2 is 2.05 bits per heavy atom. The fraction of sp³-hybridized carbons (Fsp3) is 0.333. The summed E-state index contributed by atoms with van der Waals surface area (Å²) in [5, 5.41) is 3.42. The average Bonchev–Trinajstić information content (AvgIpc) is 2.48. The lowest BCUT2D eigenvalue weighted by Gasteiger charge is -2.17. The molecule has 0 fully saturated rings. The van der Waals surface area contributed by atoms with Gasteiger partial charge < -0.3 is 10.1 Å². The topological polar surface area (TPSA) is 47.0 Å². The SMILES string of the molecule is CCNC(Cc1ccc(OC)c(Br)c1)c1ncccn1. The van der Waals surface area contributed by atoms with Crippen LogP contribution in [0.5, 0.6) is 5.75 Å². The molecule has 0 aliphatic heterocycles. The molecule has 20 heavy (non-hydrogen) atoms. The summed E-state index contributed by atoms with van der Waals surface area (Å²) in [6.45, 7) is 2.96. The van der Waals surface area contributed by atoms with E-state index in [2.05, 4.69) is 50.3 Å². The van der Waals surface area contributed by atoms with Crippen molar-refractivity contribution in [3.8, 4) is 5.75 Å². The van der Waals surface area contributed by atoms with Gasteiger partial charge in [-0.05, 0) is 52.7 Å². The molecule has 0 saturated carbocycles. The molecule has 2 rings (SSSR count). The molecular weight excluding hydrogens is 318 g/mol. The average molecular weight is 336 g/mol. The Bertz CT molecular complexity index is 548. The number of hydrogen-bond acceptors (Lipinski definition) is 4. The van der Waals surface area contributed by atoms with Gasteiger partial charge in [-0.25, -0.2) is 9.97 Å². The molecule has 1 atom stereocenters. The summed E-state index contributed by atoms with van der Waals surface area (Å²) in [6.07, 6.45) is 4.38. The summed E-state index contributed by atoms with van der Waals surface area (Å²) >= 11 is 3.52. The Balaban J connectivity index is 2.18. The lowest BCUT2D eigenvalue weighted by atomic mass is 10.0. The van der Waals surface area contributed by atoms with Gasteiger partial charge in [0.25, 0.3) is 0 Å². The first kappa shape index (κ1) is 14.9. The van der Waals surface area contributed by atoms with E-state index in [0.717, 1.165) is 29.0 Å². The van der Waals surface area contributed by atoms with Crippen molar-refractivity contribution in [2.24, 2.45) is 0 Å². The molecule has 0 aliphatic carbocycles. The number of ether oxygens (including phenoxy) is 1. The van der Waals surface area contributed by atoms with Gasteiger partial charge in [-0.1, -0.05) is 13.0 Å². The normalized spacial score (nSPS) is 12.2. The van der Waals surface area contributed by atoms with E-state index in [1.807, 2.05) is 12.1 Å². The van der Waals surface area contributed by atoms with Gasteiger partial charge in [-0.3, -0.25) is 0 Å². The molecule has 106 valence electrons. The molecule has 1 aromatic carbocycles. The molecule has 0 saturated heterocycles. The van der Waals surface area contributed by atoms with Crippen molar-refractivity contribution in [3.05, 3.63) is 52.5 Å². The standard InChI is InChI=1S/C15H18BrN3O/c1-3-17-13(15-18-7-4-8-19-15)10-11-5-6-14(20-2)12(16)9-11/h4-9,13,17H,3,10H2,1-2H3. The first-order valence-electron chi connectivity index (χ1n) is 6.57. The second-order valence-electron chi connectivity index (χ2n) is 4.39. The van der Waals surface area contributed by atoms with Gasteiger partial charge in [0.1, 0.15) is 11.6 Å². The summed E-state index contributed by atoms with van der Waals surface area (Å²) in [7, 11) is 1.67. The quantitative estimate of drug-likeness (QED) is 0.880. The van der Waals surface area contributed by atoms with Crippen molar-refractivity contribution >= 4 is 15.9 Å². The maximum atomic E-state index is 5.25. The Kier molecular flexibility index (Phi) is 5.49. The maximum Gasteiger partial charge on any atom is 0.145 e. The van der Waals surface area contributed by atoms with Crippen LogP contribution in [-0.2, 0) is 6.42 Å². The van der Waals surface area contributed by atoms with Crippen molar-refractivity contribution < 1.29 is 4.74 Å². The number of nitrogens with zero attached hydrogens (tertiary/aromatic N) is 2. The molecule has 1 N–H and O–H groups in total. The van der Waals surface area contributed by atoms with E-state index in [9.17, 15) is 0 Å². The van der Waals surface area contributed by atoms with Crippen LogP contribution in [0.15, 0.2) is 41.1 Å². The van der Waals surface area contributed by atoms with E-state index in [1.54, 1.807) is 19.5 Å². The van der Waals surface area contributed by atoms with E-state index in [0.29, 0.717) is 0 Å². The number of likely N-dealkylation sites (N-methyl/N-ethyl adjacent to an activating group) is 1. The van der Waals surface area contributed by atoms with Crippen LogP contribution in [0.4, 0.5) is 0 Å². The second kappa shape index (κ2) is 7.36. The monoisotopic (exact) mass is 335 g/mol. The van der Waals surface area contributed by atoms with Crippen LogP contribution in [0.1, 0.15) is 24.4 Å². The Labute approximate surface area is 127 Å². The molecule has 2 aromatic rings. The number of rotatable bonds is 6. The minimum absolute atomic E-state index is 0.112. The summed E-state index contributed by atoms with van der Waals surface area (Å²) in [4.78, 5) is 8.68. The van der Waals surface area contributed by atoms with Gasteiger partial charge in [0.05, 0.1) is 17.6 Å². The lowest BCUT2D eigenvalue weighted by Crippen LogP contribution is -2.24. The number of halogens is 1. The van der Waals surface area contributed by atoms with Gasteiger partial charge in [0.15, 0.2) is 0 Å². The van der Waals surface area contributed by atoms with Crippen molar-refractivity contribution in [2.75, 3.05) is 13.7 Å². The van der Waals surface area contributed by atoms with Gasteiger partial charge in [0.2, 0.25) is 0 Å². The number of aromatic nitrogens is 2. The summed E-state index contributed by atoms with van der Waals surface area (Å²) in [5.74, 6) is 1.66. The van der Waals surface area contributed by atoms with Crippen molar-refractivity contribution in [1.29, 1.82) is 0 Å². The van der Waals surface area contributed by atoms with Crippen molar-refractivity contribution in [1.82, 2.24) is 15.3 Å². The lowest BCUT2D eigenvalue weighted by molar-refractivity contribution is 0.411. The Hall–Kier alpha value is -1.46. The maximum absolute atomic E-state index is 5.25. The van der Waals surface area contributed by atoms with Gasteiger partial charge in [-0.15, -0.1) is 0 Å². The smallest absolute Gasteiger partial charge is 0.145 e. The summed E-state index contributed by atoms with van der Waals surface area (Å²) < 4.78 is 6.21. The first-order chi connectivity index (χ1) is 9.74. The largest absolute Gasteiger partial charge is 0.496 e. The van der Waals surface area contributed by atoms with Crippen LogP contribution in [0, 0.1) is 0 Å². The third-order valence-corrected chi connectivity index (χ3v) is 3.62. The molecule has 5 heteroatoms. The van der Waals surface area contributed by atoms with Crippen LogP contribution < -0.4 is 10.1 Å². The Morgan fingerprint density at radius 1 is 1.30 bits per heavy atom. The zero-order valence-corrected chi connectivity index (χ0v) is 13.2. The van der Waals surface area contributed by atoms with Crippen LogP contribution in [0.25, 0.3) is 0 Å². The summed E-state index contributed by atoms with van der Waals surface area (Å²) in [5.41, 5.74) is 1.20. The van der Waals surface area contributed by atoms with Gasteiger partial charge in [-0.2, -0.15) is 0 Å². The minimum Gasteiger partial charge on any atom is -0.496 e. The van der Waals surface area contributed by atoms with Crippen LogP contribution in [0.3, 0.4) is 0 Å². The van der Waals surface area contributed by atoms with E-state index in [1.165, 1.54) is 5.56 Å². The first-order valence-corrected chi connectivity index (χ1v) is 7.36. The Morgan fingerprint density at radius 3 is 2.65 bits per heavy atom. The number of benzene rings is 1. The molecule has 0 radical (unpaired) electrons. The number of nitrogens with one attached hydrogen (secondary N) is 1. The van der Waals surface area contributed by atoms with Crippen molar-refractivity contribution in [3.63, 3.8) is 0 Å². The molecule has 1 aromatic heterocycles. The zero-order valence-electron chi connectivity index (χ0n) is 11.6. The minimum atomic E-state index is 0.112. The molecular formula is C15H18BrN3O. The summed E-state index contributed by atoms with van der Waals surface area (Å²) in [6, 6.07) is 8.05. The molecule has 1 unspecified atom stereocenters.